The Kier molecular flexibility index (Phi) is 4.05. The molecule has 1 aromatic carbocycles. The lowest BCUT2D eigenvalue weighted by atomic mass is 10.0. The third-order valence-electron chi connectivity index (χ3n) is 4.84. The van der Waals surface area contributed by atoms with E-state index in [1.165, 1.54) is 10.1 Å². The van der Waals surface area contributed by atoms with Gasteiger partial charge in [-0.2, -0.15) is 0 Å². The molecule has 2 aromatic heterocycles. The molecule has 130 valence electrons. The first-order valence-corrected chi connectivity index (χ1v) is 8.60. The van der Waals surface area contributed by atoms with Crippen LogP contribution < -0.4 is 10.3 Å². The van der Waals surface area contributed by atoms with Crippen LogP contribution in [0, 0.1) is 6.92 Å². The molecule has 1 atom stereocenters. The molecule has 6 nitrogen and oxygen atoms in total. The average molecular weight is 338 g/mol. The summed E-state index contributed by atoms with van der Waals surface area (Å²) in [5, 5.41) is 3.01. The number of H-pyrrole nitrogens is 1. The second kappa shape index (κ2) is 6.37. The summed E-state index contributed by atoms with van der Waals surface area (Å²) in [4.78, 5) is 19.3. The Morgan fingerprint density at radius 3 is 3.04 bits per heavy atom. The Labute approximate surface area is 146 Å². The summed E-state index contributed by atoms with van der Waals surface area (Å²) in [6.45, 7) is 3.61. The standard InChI is InChI=1S/C19H22N4O2/c1-13-9-18-20-15(11-19(24)23(18)21-13)12-22-8-4-7-17(22)14-5-3-6-16(10-14)25-2/h3,5-6,9-11,17,21H,4,7-8,12H2,1-2H3. The number of methoxy groups -OCH3 is 1. The van der Waals surface area contributed by atoms with E-state index in [0.717, 1.165) is 36.5 Å². The van der Waals surface area contributed by atoms with Crippen molar-refractivity contribution in [2.45, 2.75) is 32.4 Å². The molecule has 1 unspecified atom stereocenters. The summed E-state index contributed by atoms with van der Waals surface area (Å²) in [7, 11) is 1.69. The predicted octanol–water partition coefficient (Wildman–Crippen LogP) is 2.68. The van der Waals surface area contributed by atoms with E-state index in [-0.39, 0.29) is 5.56 Å². The Morgan fingerprint density at radius 2 is 2.20 bits per heavy atom. The number of ether oxygens (including phenoxy) is 1. The molecule has 0 saturated carbocycles. The summed E-state index contributed by atoms with van der Waals surface area (Å²) >= 11 is 0. The Hall–Kier alpha value is -2.60. The van der Waals surface area contributed by atoms with E-state index in [0.29, 0.717) is 18.2 Å². The van der Waals surface area contributed by atoms with Gasteiger partial charge in [0.05, 0.1) is 12.8 Å². The topological polar surface area (TPSA) is 62.6 Å². The van der Waals surface area contributed by atoms with Gasteiger partial charge in [0.1, 0.15) is 5.75 Å². The third-order valence-corrected chi connectivity index (χ3v) is 4.84. The lowest BCUT2D eigenvalue weighted by Crippen LogP contribution is -2.25. The van der Waals surface area contributed by atoms with Crippen LogP contribution in [0.1, 0.15) is 35.8 Å². The van der Waals surface area contributed by atoms with Gasteiger partial charge in [0, 0.05) is 30.4 Å². The van der Waals surface area contributed by atoms with Gasteiger partial charge in [0.25, 0.3) is 5.56 Å². The SMILES string of the molecule is COc1cccc(C2CCCN2Cc2cc(=O)n3[nH]c(C)cc3n2)c1. The molecule has 1 aliphatic rings. The molecule has 3 aromatic rings. The molecule has 1 aliphatic heterocycles. The number of aryl methyl sites for hydroxylation is 1. The number of aromatic nitrogens is 3. The molecule has 0 radical (unpaired) electrons. The summed E-state index contributed by atoms with van der Waals surface area (Å²) in [6.07, 6.45) is 2.25. The van der Waals surface area contributed by atoms with E-state index in [9.17, 15) is 4.79 Å². The van der Waals surface area contributed by atoms with Crippen LogP contribution in [-0.2, 0) is 6.54 Å². The van der Waals surface area contributed by atoms with E-state index < -0.39 is 0 Å². The highest BCUT2D eigenvalue weighted by molar-refractivity contribution is 5.39. The van der Waals surface area contributed by atoms with Crippen LogP contribution in [0.2, 0.25) is 0 Å². The van der Waals surface area contributed by atoms with Crippen LogP contribution in [0.15, 0.2) is 41.2 Å². The smallest absolute Gasteiger partial charge is 0.272 e. The molecular weight excluding hydrogens is 316 g/mol. The highest BCUT2D eigenvalue weighted by atomic mass is 16.5. The molecule has 25 heavy (non-hydrogen) atoms. The van der Waals surface area contributed by atoms with Crippen molar-refractivity contribution in [2.24, 2.45) is 0 Å². The Morgan fingerprint density at radius 1 is 1.32 bits per heavy atom. The number of nitrogens with one attached hydrogen (secondary N) is 1. The van der Waals surface area contributed by atoms with E-state index in [1.807, 2.05) is 25.1 Å². The average Bonchev–Trinajstić information content (AvgIpc) is 3.21. The van der Waals surface area contributed by atoms with E-state index in [2.05, 4.69) is 27.1 Å². The van der Waals surface area contributed by atoms with Crippen molar-refractivity contribution in [1.82, 2.24) is 19.5 Å². The van der Waals surface area contributed by atoms with Gasteiger partial charge in [-0.1, -0.05) is 12.1 Å². The summed E-state index contributed by atoms with van der Waals surface area (Å²) < 4.78 is 6.84. The fourth-order valence-corrected chi connectivity index (χ4v) is 3.69. The van der Waals surface area contributed by atoms with Crippen molar-refractivity contribution in [2.75, 3.05) is 13.7 Å². The zero-order chi connectivity index (χ0) is 17.4. The van der Waals surface area contributed by atoms with Gasteiger partial charge in [-0.3, -0.25) is 14.8 Å². The largest absolute Gasteiger partial charge is 0.497 e. The molecule has 1 fully saturated rings. The first kappa shape index (κ1) is 15.9. The van der Waals surface area contributed by atoms with Crippen molar-refractivity contribution >= 4 is 5.65 Å². The molecule has 0 aliphatic carbocycles. The molecule has 3 heterocycles. The second-order valence-electron chi connectivity index (χ2n) is 6.62. The van der Waals surface area contributed by atoms with Crippen LogP contribution in [-0.4, -0.2) is 33.2 Å². The van der Waals surface area contributed by atoms with Gasteiger partial charge in [0.2, 0.25) is 0 Å². The van der Waals surface area contributed by atoms with E-state index >= 15 is 0 Å². The minimum atomic E-state index is -0.0646. The highest BCUT2D eigenvalue weighted by Gasteiger charge is 2.26. The van der Waals surface area contributed by atoms with Crippen molar-refractivity contribution in [1.29, 1.82) is 0 Å². The number of nitrogens with zero attached hydrogens (tertiary/aromatic N) is 3. The lowest BCUT2D eigenvalue weighted by molar-refractivity contribution is 0.245. The van der Waals surface area contributed by atoms with E-state index in [1.54, 1.807) is 13.2 Å². The number of aromatic amines is 1. The van der Waals surface area contributed by atoms with Gasteiger partial charge in [0.15, 0.2) is 5.65 Å². The Balaban J connectivity index is 1.62. The predicted molar refractivity (Wildman–Crippen MR) is 95.9 cm³/mol. The fraction of sp³-hybridized carbons (Fsp3) is 0.368. The zero-order valence-electron chi connectivity index (χ0n) is 14.5. The monoisotopic (exact) mass is 338 g/mol. The molecule has 4 rings (SSSR count). The maximum absolute atomic E-state index is 12.3. The number of fused-ring (bicyclic) bond motifs is 1. The van der Waals surface area contributed by atoms with Crippen molar-refractivity contribution in [3.63, 3.8) is 0 Å². The number of hydrogen-bond donors (Lipinski definition) is 1. The summed E-state index contributed by atoms with van der Waals surface area (Å²) in [5.41, 5.74) is 3.62. The molecule has 1 N–H and O–H groups in total. The highest BCUT2D eigenvalue weighted by Crippen LogP contribution is 2.34. The van der Waals surface area contributed by atoms with Crippen LogP contribution in [0.3, 0.4) is 0 Å². The van der Waals surface area contributed by atoms with Crippen molar-refractivity contribution < 1.29 is 4.74 Å². The van der Waals surface area contributed by atoms with Crippen LogP contribution in [0.25, 0.3) is 5.65 Å². The summed E-state index contributed by atoms with van der Waals surface area (Å²) in [6, 6.07) is 12.1. The van der Waals surface area contributed by atoms with Crippen molar-refractivity contribution in [3.05, 3.63) is 63.7 Å². The molecular formula is C19H22N4O2. The maximum atomic E-state index is 12.3. The minimum absolute atomic E-state index is 0.0646. The van der Waals surface area contributed by atoms with Gasteiger partial charge < -0.3 is 4.74 Å². The molecule has 0 amide bonds. The molecule has 0 spiro atoms. The fourth-order valence-electron chi connectivity index (χ4n) is 3.69. The molecule has 1 saturated heterocycles. The number of benzene rings is 1. The number of likely N-dealkylation sites (tertiary alicyclic amines) is 1. The van der Waals surface area contributed by atoms with E-state index in [4.69, 9.17) is 4.74 Å². The first-order valence-electron chi connectivity index (χ1n) is 8.60. The Bertz CT molecular complexity index is 959. The normalized spacial score (nSPS) is 18.1. The zero-order valence-corrected chi connectivity index (χ0v) is 14.5. The van der Waals surface area contributed by atoms with Crippen LogP contribution in [0.5, 0.6) is 5.75 Å². The van der Waals surface area contributed by atoms with Crippen LogP contribution >= 0.6 is 0 Å². The third kappa shape index (κ3) is 3.05. The van der Waals surface area contributed by atoms with Gasteiger partial charge in [-0.05, 0) is 44.0 Å². The number of rotatable bonds is 4. The van der Waals surface area contributed by atoms with Gasteiger partial charge >= 0.3 is 0 Å². The molecule has 0 bridgehead atoms. The van der Waals surface area contributed by atoms with Crippen molar-refractivity contribution in [3.8, 4) is 5.75 Å². The first-order chi connectivity index (χ1) is 12.1. The van der Waals surface area contributed by atoms with Gasteiger partial charge in [-0.25, -0.2) is 9.50 Å². The van der Waals surface area contributed by atoms with Crippen LogP contribution in [0.4, 0.5) is 0 Å². The number of hydrogen-bond acceptors (Lipinski definition) is 4. The minimum Gasteiger partial charge on any atom is -0.497 e. The molecule has 6 heteroatoms. The maximum Gasteiger partial charge on any atom is 0.272 e. The summed E-state index contributed by atoms with van der Waals surface area (Å²) in [5.74, 6) is 0.880. The van der Waals surface area contributed by atoms with Gasteiger partial charge in [-0.15, -0.1) is 0 Å². The lowest BCUT2D eigenvalue weighted by Gasteiger charge is -2.24. The second-order valence-corrected chi connectivity index (χ2v) is 6.62. The quantitative estimate of drug-likeness (QED) is 0.794.